The molecule has 6 heterocycles. The van der Waals surface area contributed by atoms with Gasteiger partial charge < -0.3 is 36.6 Å². The van der Waals surface area contributed by atoms with Crippen molar-refractivity contribution in [3.63, 3.8) is 0 Å². The Morgan fingerprint density at radius 1 is 0.218 bits per heavy atom. The third-order valence-corrected chi connectivity index (χ3v) is 25.7. The largest absolute Gasteiger partial charge is 0.457 e. The summed E-state index contributed by atoms with van der Waals surface area (Å²) in [4.78, 5) is 118. The molecule has 18 heteroatoms. The van der Waals surface area contributed by atoms with E-state index in [0.717, 1.165) is 66.1 Å². The van der Waals surface area contributed by atoms with Gasteiger partial charge in [0.05, 0.1) is 22.3 Å². The Balaban J connectivity index is 0.702. The topological polar surface area (TPSA) is 233 Å². The van der Waals surface area contributed by atoms with Crippen LogP contribution in [-0.2, 0) is 0 Å². The number of unbranched alkanes of at least 4 members (excludes halogenated alkanes) is 2. The number of para-hydroxylation sites is 4. The molecule has 0 N–H and O–H groups in total. The molecule has 0 unspecified atom stereocenters. The monoisotopic (exact) mass is 1850 g/mol. The lowest BCUT2D eigenvalue weighted by Gasteiger charge is -2.32. The van der Waals surface area contributed by atoms with Crippen LogP contribution in [0.2, 0.25) is 0 Å². The zero-order chi connectivity index (χ0) is 96.3. The van der Waals surface area contributed by atoms with E-state index < -0.39 is 46.1 Å². The maximum Gasteiger partial charge on any atom is 0.336 e. The number of carbonyl (C=O) groups excluding carboxylic acids is 4. The summed E-state index contributed by atoms with van der Waals surface area (Å²) >= 11 is 0. The van der Waals surface area contributed by atoms with Crippen molar-refractivity contribution in [2.75, 3.05) is 13.1 Å². The normalized spacial score (nSPS) is 12.1. The van der Waals surface area contributed by atoms with Crippen molar-refractivity contribution in [1.82, 2.24) is 9.80 Å². The van der Waals surface area contributed by atoms with E-state index in [-0.39, 0.29) is 69.1 Å². The molecule has 676 valence electrons. The molecule has 142 heavy (non-hydrogen) atoms. The maximum absolute atomic E-state index is 16.0. The van der Waals surface area contributed by atoms with Gasteiger partial charge in [-0.2, -0.15) is 0 Å². The highest BCUT2D eigenvalue weighted by Crippen LogP contribution is 2.58. The Morgan fingerprint density at radius 2 is 0.415 bits per heavy atom. The van der Waals surface area contributed by atoms with Crippen molar-refractivity contribution in [2.45, 2.75) is 39.5 Å². The smallest absolute Gasteiger partial charge is 0.336 e. The van der Waals surface area contributed by atoms with Crippen molar-refractivity contribution < 1.29 is 55.8 Å². The number of nitrogens with zero attached hydrogens (tertiary/aromatic N) is 2. The molecule has 0 aliphatic carbocycles. The predicted octanol–water partition coefficient (Wildman–Crippen LogP) is 26.4. The van der Waals surface area contributed by atoms with E-state index in [9.17, 15) is 19.2 Å². The van der Waals surface area contributed by atoms with Gasteiger partial charge in [0.2, 0.25) is 0 Å². The molecule has 4 amide bonds. The van der Waals surface area contributed by atoms with Crippen LogP contribution in [0.4, 0.5) is 0 Å². The van der Waals surface area contributed by atoms with Gasteiger partial charge in [-0.15, -0.1) is 0 Å². The van der Waals surface area contributed by atoms with Crippen LogP contribution < -0.4 is 41.4 Å². The van der Waals surface area contributed by atoms with Crippen LogP contribution in [0.1, 0.15) is 125 Å². The molecule has 0 fully saturated rings. The van der Waals surface area contributed by atoms with Gasteiger partial charge in [-0.05, 0) is 251 Å². The van der Waals surface area contributed by atoms with Gasteiger partial charge in [0.1, 0.15) is 68.3 Å². The fraction of sp³-hybridized carbons (Fsp3) is 0.0645. The Bertz CT molecular complexity index is 8350. The number of rotatable bonds is 18. The molecule has 0 saturated heterocycles. The summed E-state index contributed by atoms with van der Waals surface area (Å²) in [7, 11) is 0. The van der Waals surface area contributed by atoms with Crippen molar-refractivity contribution in [2.24, 2.45) is 0 Å². The third kappa shape index (κ3) is 16.4. The fourth-order valence-corrected chi connectivity index (χ4v) is 18.8. The van der Waals surface area contributed by atoms with E-state index in [0.29, 0.717) is 148 Å². The first-order valence-electron chi connectivity index (χ1n) is 46.3. The third-order valence-electron chi connectivity index (χ3n) is 25.7. The number of benzene rings is 17. The molecule has 2 aliphatic rings. The van der Waals surface area contributed by atoms with Gasteiger partial charge in [0.15, 0.2) is 0 Å². The lowest BCUT2D eigenvalue weighted by atomic mass is 9.80. The fourth-order valence-electron chi connectivity index (χ4n) is 18.8. The average Bonchev–Trinajstić information content (AvgIpc) is 0.669. The van der Waals surface area contributed by atoms with Crippen LogP contribution in [0.5, 0.6) is 46.0 Å². The van der Waals surface area contributed by atoms with Gasteiger partial charge in [-0.25, -0.2) is 19.2 Å². The minimum atomic E-state index is -0.587. The van der Waals surface area contributed by atoms with Crippen molar-refractivity contribution >= 4 is 111 Å². The highest BCUT2D eigenvalue weighted by molar-refractivity contribution is 6.45. The number of hydrogen-bond donors (Lipinski definition) is 0. The molecule has 0 atom stereocenters. The van der Waals surface area contributed by atoms with E-state index in [1.54, 1.807) is 97.1 Å². The molecule has 18 nitrogen and oxygen atoms in total. The number of hydrogen-bond acceptors (Lipinski definition) is 16. The highest BCUT2D eigenvalue weighted by Gasteiger charge is 2.42. The average molecular weight is 1850 g/mol. The van der Waals surface area contributed by atoms with E-state index >= 15 is 19.2 Å². The highest BCUT2D eigenvalue weighted by atomic mass is 16.5. The Hall–Kier alpha value is -19.4. The van der Waals surface area contributed by atoms with Crippen LogP contribution in [0.3, 0.4) is 0 Å². The number of ether oxygens (including phenoxy) is 4. The standard InChI is InChI=1S/C124H74N2O16/c1-3-5-63-125-121(131)97-65-105(135-85-55-39-77(40-56-85)27-23-73-31-47-81(48-32-73)93-69-109(127)139-101-19-11-7-15-89(93)101)115-117-107(137-87-59-43-79(44-60-87)29-25-75-35-51-83(52-36-75)95-71-111(129)141-103-21-13-9-17-91(95)103)67-99-114-100(124(134)126(123(99)133)64-6-4-2)68-108(138-88-61-45-80(46-62-88)30-26-76-37-53-84(54-38-76)96-72-112(130)142-104-22-14-10-18-92(96)104)118(120(114)117)116-106(66-98(122(125)132)113(97)119(115)116)136-86-57-41-78(42-58-86)28-24-74-33-49-82(50-34-74)94-70-110(128)140-102-20-12-8-16-90(94)102/h7-22,31-62,65-72H,3-6,63-64H2,1-2H3. The second-order valence-electron chi connectivity index (χ2n) is 34.6. The van der Waals surface area contributed by atoms with Gasteiger partial charge in [0, 0.05) is 146 Å². The first-order chi connectivity index (χ1) is 69.5. The number of fused-ring (bicyclic) bond motifs is 6. The van der Waals surface area contributed by atoms with E-state index in [4.69, 9.17) is 36.6 Å². The molecule has 0 spiro atoms. The summed E-state index contributed by atoms with van der Waals surface area (Å²) in [6.07, 6.45) is 2.23. The number of amides is 4. The van der Waals surface area contributed by atoms with Gasteiger partial charge >= 0.3 is 22.5 Å². The molecular weight excluding hydrogens is 1770 g/mol. The summed E-state index contributed by atoms with van der Waals surface area (Å²) in [5.74, 6) is 25.7. The molecule has 4 aromatic heterocycles. The lowest BCUT2D eigenvalue weighted by Crippen LogP contribution is -2.41. The number of imide groups is 2. The lowest BCUT2D eigenvalue weighted by molar-refractivity contribution is 0.0593. The van der Waals surface area contributed by atoms with Crippen molar-refractivity contribution in [3.8, 4) is 138 Å². The summed E-state index contributed by atoms with van der Waals surface area (Å²) in [5.41, 5.74) is 12.0. The molecule has 2 aliphatic heterocycles. The van der Waals surface area contributed by atoms with Crippen LogP contribution in [0.25, 0.3) is 131 Å². The minimum absolute atomic E-state index is 0.0657. The predicted molar refractivity (Wildman–Crippen MR) is 550 cm³/mol. The van der Waals surface area contributed by atoms with Gasteiger partial charge in [-0.1, -0.05) is 195 Å². The maximum atomic E-state index is 16.0. The molecule has 21 aromatic rings. The number of carbonyl (C=O) groups is 4. The summed E-state index contributed by atoms with van der Waals surface area (Å²) in [5, 5.41) is 5.45. The van der Waals surface area contributed by atoms with Crippen molar-refractivity contribution in [3.05, 3.63) is 448 Å². The first kappa shape index (κ1) is 86.7. The summed E-state index contributed by atoms with van der Waals surface area (Å²) in [6.45, 7) is 4.09. The van der Waals surface area contributed by atoms with Crippen LogP contribution >= 0.6 is 0 Å². The molecule has 0 radical (unpaired) electrons. The second kappa shape index (κ2) is 36.3. The zero-order valence-electron chi connectivity index (χ0n) is 76.0. The summed E-state index contributed by atoms with van der Waals surface area (Å²) < 4.78 is 51.6. The van der Waals surface area contributed by atoms with Gasteiger partial charge in [0.25, 0.3) is 23.6 Å². The minimum Gasteiger partial charge on any atom is -0.457 e. The summed E-state index contributed by atoms with van der Waals surface area (Å²) in [6, 6.07) is 101. The molecule has 0 bridgehead atoms. The Labute approximate surface area is 809 Å². The van der Waals surface area contributed by atoms with Crippen LogP contribution in [0.15, 0.2) is 377 Å². The quantitative estimate of drug-likeness (QED) is 0.0255. The van der Waals surface area contributed by atoms with Crippen LogP contribution in [-0.4, -0.2) is 46.5 Å². The van der Waals surface area contributed by atoms with E-state index in [1.165, 1.54) is 34.1 Å². The molecule has 17 aromatic carbocycles. The SMILES string of the molecule is CCCCN1C(=O)c2cc(Oc3ccc(C#Cc4ccc(-c5cc(=O)oc6ccccc56)cc4)cc3)c3c4c(Oc5ccc(C#Cc6ccc(-c7cc(=O)oc8ccccc78)cc6)cc5)cc5c6c(cc(Oc7ccc(C#Cc8ccc(-c9cc(=O)oc%10ccccc9%10)cc8)cc7)c(c7c(Oc8ccc(C#Cc9ccc(-c%10cc(=O)oc%11ccccc%10%11)cc9)cc8)cc(c2c37)C1=O)c64)C(=O)N(CCCC)C5=O. The Morgan fingerprint density at radius 3 is 0.620 bits per heavy atom. The second-order valence-corrected chi connectivity index (χ2v) is 34.6. The zero-order valence-corrected chi connectivity index (χ0v) is 76.0. The molecule has 23 rings (SSSR count). The van der Waals surface area contributed by atoms with Crippen molar-refractivity contribution in [1.29, 1.82) is 0 Å². The molecular formula is C124H74N2O16. The van der Waals surface area contributed by atoms with E-state index in [2.05, 4.69) is 47.4 Å². The first-order valence-corrected chi connectivity index (χ1v) is 46.3. The van der Waals surface area contributed by atoms with Crippen LogP contribution in [0, 0.1) is 47.4 Å². The molecule has 0 saturated carbocycles. The van der Waals surface area contributed by atoms with Gasteiger partial charge in [-0.3, -0.25) is 29.0 Å². The Kier molecular flexibility index (Phi) is 22.2. The van der Waals surface area contributed by atoms with E-state index in [1.807, 2.05) is 232 Å².